The molecule has 4 nitrogen and oxygen atoms in total. The number of pyridine rings is 1. The summed E-state index contributed by atoms with van der Waals surface area (Å²) in [6, 6.07) is 18.5. The first kappa shape index (κ1) is 18.2. The third kappa shape index (κ3) is 4.54. The van der Waals surface area contributed by atoms with Crippen molar-refractivity contribution >= 4 is 40.5 Å². The van der Waals surface area contributed by atoms with Crippen LogP contribution in [-0.2, 0) is 6.54 Å². The average Bonchev–Trinajstić information content (AvgIpc) is 2.65. The Morgan fingerprint density at radius 2 is 1.85 bits per heavy atom. The molecule has 0 aliphatic rings. The molecule has 1 amide bonds. The van der Waals surface area contributed by atoms with E-state index in [9.17, 15) is 4.79 Å². The molecular formula is C20H17Cl2N3O. The number of anilines is 2. The zero-order chi connectivity index (χ0) is 18.5. The van der Waals surface area contributed by atoms with Crippen molar-refractivity contribution in [1.82, 2.24) is 9.88 Å². The molecule has 0 bridgehead atoms. The number of hydrogen-bond donors (Lipinski definition) is 1. The third-order valence-electron chi connectivity index (χ3n) is 3.80. The van der Waals surface area contributed by atoms with E-state index in [1.54, 1.807) is 48.5 Å². The number of carbonyl (C=O) groups is 1. The second kappa shape index (κ2) is 8.21. The van der Waals surface area contributed by atoms with Gasteiger partial charge in [-0.2, -0.15) is 0 Å². The first-order valence-corrected chi connectivity index (χ1v) is 8.76. The third-order valence-corrected chi connectivity index (χ3v) is 4.35. The van der Waals surface area contributed by atoms with Gasteiger partial charge in [-0.05, 0) is 35.9 Å². The summed E-state index contributed by atoms with van der Waals surface area (Å²) in [7, 11) is 1.76. The fraction of sp³-hybridized carbons (Fsp3) is 0.100. The van der Waals surface area contributed by atoms with E-state index in [0.717, 1.165) is 16.9 Å². The summed E-state index contributed by atoms with van der Waals surface area (Å²) in [5, 5.41) is 4.24. The number of rotatable bonds is 5. The highest BCUT2D eigenvalue weighted by Gasteiger charge is 2.13. The fourth-order valence-corrected chi connectivity index (χ4v) is 2.92. The Morgan fingerprint density at radius 1 is 1.08 bits per heavy atom. The van der Waals surface area contributed by atoms with Gasteiger partial charge in [-0.25, -0.2) is 4.98 Å². The zero-order valence-corrected chi connectivity index (χ0v) is 15.6. The van der Waals surface area contributed by atoms with Crippen LogP contribution in [0.15, 0.2) is 66.9 Å². The average molecular weight is 386 g/mol. The number of benzene rings is 2. The minimum atomic E-state index is -0.134. The molecular weight excluding hydrogens is 369 g/mol. The number of carbonyl (C=O) groups excluding carboxylic acids is 1. The standard InChI is InChI=1S/C20H17Cl2N3O/c1-25(13-14-5-3-2-4-6-14)20(26)19-10-8-16(12-23-19)24-18-9-7-15(21)11-17(18)22/h2-12,24H,13H2,1H3. The molecule has 1 N–H and O–H groups in total. The molecule has 0 spiro atoms. The molecule has 1 heterocycles. The fourth-order valence-electron chi connectivity index (χ4n) is 2.47. The maximum Gasteiger partial charge on any atom is 0.272 e. The summed E-state index contributed by atoms with van der Waals surface area (Å²) in [4.78, 5) is 18.4. The molecule has 26 heavy (non-hydrogen) atoms. The van der Waals surface area contributed by atoms with Crippen LogP contribution < -0.4 is 5.32 Å². The molecule has 0 saturated heterocycles. The Hall–Kier alpha value is -2.56. The highest BCUT2D eigenvalue weighted by Crippen LogP contribution is 2.28. The van der Waals surface area contributed by atoms with Crippen LogP contribution in [-0.4, -0.2) is 22.8 Å². The maximum atomic E-state index is 12.5. The lowest BCUT2D eigenvalue weighted by Gasteiger charge is -2.17. The molecule has 3 aromatic rings. The van der Waals surface area contributed by atoms with Gasteiger partial charge in [-0.3, -0.25) is 4.79 Å². The van der Waals surface area contributed by atoms with E-state index in [1.165, 1.54) is 0 Å². The molecule has 0 radical (unpaired) electrons. The summed E-state index contributed by atoms with van der Waals surface area (Å²) in [6.07, 6.45) is 1.61. The molecule has 0 atom stereocenters. The van der Waals surface area contributed by atoms with Crippen molar-refractivity contribution in [3.05, 3.63) is 88.2 Å². The van der Waals surface area contributed by atoms with Crippen molar-refractivity contribution in [2.45, 2.75) is 6.54 Å². The Bertz CT molecular complexity index is 899. The van der Waals surface area contributed by atoms with Gasteiger partial charge in [-0.1, -0.05) is 53.5 Å². The van der Waals surface area contributed by atoms with E-state index >= 15 is 0 Å². The largest absolute Gasteiger partial charge is 0.353 e. The number of amides is 1. The van der Waals surface area contributed by atoms with E-state index in [1.807, 2.05) is 30.3 Å². The molecule has 0 aliphatic heterocycles. The van der Waals surface area contributed by atoms with Crippen molar-refractivity contribution in [1.29, 1.82) is 0 Å². The maximum absolute atomic E-state index is 12.5. The Balaban J connectivity index is 1.67. The van der Waals surface area contributed by atoms with Gasteiger partial charge in [0.1, 0.15) is 5.69 Å². The van der Waals surface area contributed by atoms with Crippen molar-refractivity contribution in [3.8, 4) is 0 Å². The van der Waals surface area contributed by atoms with Crippen LogP contribution in [0.5, 0.6) is 0 Å². The summed E-state index contributed by atoms with van der Waals surface area (Å²) >= 11 is 12.0. The Labute approximate surface area is 162 Å². The first-order chi connectivity index (χ1) is 12.5. The summed E-state index contributed by atoms with van der Waals surface area (Å²) in [5.74, 6) is -0.134. The summed E-state index contributed by atoms with van der Waals surface area (Å²) < 4.78 is 0. The van der Waals surface area contributed by atoms with Gasteiger partial charge in [0.05, 0.1) is 22.6 Å². The number of halogens is 2. The van der Waals surface area contributed by atoms with Crippen LogP contribution in [0.1, 0.15) is 16.1 Å². The molecule has 0 aliphatic carbocycles. The number of hydrogen-bond acceptors (Lipinski definition) is 3. The second-order valence-electron chi connectivity index (χ2n) is 5.83. The van der Waals surface area contributed by atoms with Crippen LogP contribution in [0.3, 0.4) is 0 Å². The highest BCUT2D eigenvalue weighted by molar-refractivity contribution is 6.36. The smallest absolute Gasteiger partial charge is 0.272 e. The first-order valence-electron chi connectivity index (χ1n) is 8.00. The van der Waals surface area contributed by atoms with Crippen molar-refractivity contribution < 1.29 is 4.79 Å². The van der Waals surface area contributed by atoms with Gasteiger partial charge in [-0.15, -0.1) is 0 Å². The number of nitrogens with one attached hydrogen (secondary N) is 1. The summed E-state index contributed by atoms with van der Waals surface area (Å²) in [6.45, 7) is 0.530. The SMILES string of the molecule is CN(Cc1ccccc1)C(=O)c1ccc(Nc2ccc(Cl)cc2Cl)cn1. The van der Waals surface area contributed by atoms with Gasteiger partial charge >= 0.3 is 0 Å². The quantitative estimate of drug-likeness (QED) is 0.638. The number of nitrogens with zero attached hydrogens (tertiary/aromatic N) is 2. The predicted octanol–water partition coefficient (Wildman–Crippen LogP) is 5.40. The van der Waals surface area contributed by atoms with E-state index in [2.05, 4.69) is 10.3 Å². The zero-order valence-electron chi connectivity index (χ0n) is 14.1. The van der Waals surface area contributed by atoms with E-state index in [4.69, 9.17) is 23.2 Å². The van der Waals surface area contributed by atoms with Crippen LogP contribution in [0.2, 0.25) is 10.0 Å². The monoisotopic (exact) mass is 385 g/mol. The Kier molecular flexibility index (Phi) is 5.76. The lowest BCUT2D eigenvalue weighted by molar-refractivity contribution is 0.0779. The van der Waals surface area contributed by atoms with Crippen molar-refractivity contribution in [2.75, 3.05) is 12.4 Å². The van der Waals surface area contributed by atoms with Gasteiger partial charge in [0.25, 0.3) is 5.91 Å². The molecule has 0 unspecified atom stereocenters. The molecule has 0 saturated carbocycles. The highest BCUT2D eigenvalue weighted by atomic mass is 35.5. The van der Waals surface area contributed by atoms with Crippen LogP contribution in [0.4, 0.5) is 11.4 Å². The van der Waals surface area contributed by atoms with Crippen LogP contribution in [0, 0.1) is 0 Å². The molecule has 6 heteroatoms. The lowest BCUT2D eigenvalue weighted by Crippen LogP contribution is -2.26. The van der Waals surface area contributed by atoms with Crippen molar-refractivity contribution in [3.63, 3.8) is 0 Å². The van der Waals surface area contributed by atoms with E-state index in [-0.39, 0.29) is 5.91 Å². The molecule has 0 fully saturated rings. The van der Waals surface area contributed by atoms with Gasteiger partial charge < -0.3 is 10.2 Å². The summed E-state index contributed by atoms with van der Waals surface area (Å²) in [5.41, 5.74) is 2.91. The molecule has 2 aromatic carbocycles. The molecule has 132 valence electrons. The predicted molar refractivity (Wildman–Crippen MR) is 106 cm³/mol. The topological polar surface area (TPSA) is 45.2 Å². The van der Waals surface area contributed by atoms with Crippen LogP contribution >= 0.6 is 23.2 Å². The van der Waals surface area contributed by atoms with E-state index in [0.29, 0.717) is 22.3 Å². The molecule has 1 aromatic heterocycles. The minimum Gasteiger partial charge on any atom is -0.353 e. The number of aromatic nitrogens is 1. The second-order valence-corrected chi connectivity index (χ2v) is 6.67. The van der Waals surface area contributed by atoms with E-state index < -0.39 is 0 Å². The van der Waals surface area contributed by atoms with Crippen molar-refractivity contribution in [2.24, 2.45) is 0 Å². The molecule has 3 rings (SSSR count). The van der Waals surface area contributed by atoms with Gasteiger partial charge in [0.15, 0.2) is 0 Å². The minimum absolute atomic E-state index is 0.134. The van der Waals surface area contributed by atoms with Crippen LogP contribution in [0.25, 0.3) is 0 Å². The normalized spacial score (nSPS) is 10.4. The van der Waals surface area contributed by atoms with Gasteiger partial charge in [0.2, 0.25) is 0 Å². The lowest BCUT2D eigenvalue weighted by atomic mass is 10.2. The Morgan fingerprint density at radius 3 is 2.50 bits per heavy atom. The van der Waals surface area contributed by atoms with Gasteiger partial charge in [0, 0.05) is 18.6 Å².